The van der Waals surface area contributed by atoms with E-state index in [2.05, 4.69) is 27.5 Å². The number of methoxy groups -OCH3 is 1. The van der Waals surface area contributed by atoms with Crippen LogP contribution in [-0.2, 0) is 40.6 Å². The number of fused-ring (bicyclic) bond motifs is 4. The number of imide groups is 1. The molecule has 9 rings (SSSR count). The van der Waals surface area contributed by atoms with Crippen molar-refractivity contribution in [3.05, 3.63) is 155 Å². The number of nitrogens with zero attached hydrogens (tertiary/aromatic N) is 5. The van der Waals surface area contributed by atoms with Crippen LogP contribution in [0.5, 0.6) is 5.75 Å². The first-order chi connectivity index (χ1) is 30.9. The minimum atomic E-state index is -2.24. The number of aliphatic carboxylic acids is 1. The van der Waals surface area contributed by atoms with Crippen molar-refractivity contribution in [2.24, 2.45) is 11.8 Å². The van der Waals surface area contributed by atoms with Gasteiger partial charge in [0.2, 0.25) is 5.91 Å². The Balaban J connectivity index is 1.29. The highest BCUT2D eigenvalue weighted by atomic mass is 16.6. The number of anilines is 1. The Morgan fingerprint density at radius 1 is 0.859 bits per heavy atom. The van der Waals surface area contributed by atoms with Gasteiger partial charge in [-0.25, -0.2) is 19.2 Å². The molecule has 15 heteroatoms. The number of aromatic hydroxyl groups is 1. The number of urea groups is 1. The number of cyclic esters (lactones) is 1. The molecule has 64 heavy (non-hydrogen) atoms. The standard InChI is InChI=1S/C49H42N6O9/c1-28(2)39(45(59)63-3)50-48(62)54-36-25-20-29(13-12-26-53-37-19-11-10-18-35(37)51-52-53)27-34(36)49(47(54)61)38(44(57)58)41-46(60)64-42(31-16-8-5-9-17-31)40(30-14-6-4-7-15-30)55(41)43(49)32-21-23-33(56)24-22-32/h4-11,14-25,27-28,38-43,56H,26H2,1-3H3,(H,50,62)(H,57,58)/t38-,39+,40-,41-,42+,43+,49-/m1/s1. The maximum atomic E-state index is 16.0. The number of carboxylic acids is 1. The molecule has 3 aliphatic heterocycles. The van der Waals surface area contributed by atoms with Gasteiger partial charge in [0.25, 0.3) is 0 Å². The van der Waals surface area contributed by atoms with Crippen LogP contribution in [0.2, 0.25) is 0 Å². The molecule has 2 fully saturated rings. The first-order valence-corrected chi connectivity index (χ1v) is 20.7. The number of amides is 3. The zero-order valence-electron chi connectivity index (χ0n) is 34.9. The van der Waals surface area contributed by atoms with Crippen molar-refractivity contribution in [2.45, 2.75) is 56.1 Å². The van der Waals surface area contributed by atoms with Crippen molar-refractivity contribution in [1.29, 1.82) is 0 Å². The van der Waals surface area contributed by atoms with Crippen LogP contribution in [0.25, 0.3) is 11.0 Å². The molecular formula is C49H42N6O9. The summed E-state index contributed by atoms with van der Waals surface area (Å²) in [6.07, 6.45) is -0.983. The molecule has 0 bridgehead atoms. The quantitative estimate of drug-likeness (QED) is 0.122. The van der Waals surface area contributed by atoms with E-state index in [0.29, 0.717) is 27.8 Å². The number of hydrogen-bond acceptors (Lipinski definition) is 11. The van der Waals surface area contributed by atoms with Crippen LogP contribution in [-0.4, -0.2) is 79.1 Å². The van der Waals surface area contributed by atoms with Crippen LogP contribution >= 0.6 is 0 Å². The van der Waals surface area contributed by atoms with Gasteiger partial charge in [0.15, 0.2) is 0 Å². The van der Waals surface area contributed by atoms with E-state index in [1.165, 1.54) is 25.3 Å². The number of benzene rings is 5. The first-order valence-electron chi connectivity index (χ1n) is 20.7. The lowest BCUT2D eigenvalue weighted by Gasteiger charge is -2.46. The van der Waals surface area contributed by atoms with E-state index in [-0.39, 0.29) is 23.5 Å². The van der Waals surface area contributed by atoms with Gasteiger partial charge in [-0.05, 0) is 70.6 Å². The third-order valence-electron chi connectivity index (χ3n) is 12.4. The van der Waals surface area contributed by atoms with Crippen molar-refractivity contribution in [2.75, 3.05) is 12.0 Å². The highest BCUT2D eigenvalue weighted by molar-refractivity contribution is 6.24. The number of rotatable bonds is 8. The smallest absolute Gasteiger partial charge is 0.329 e. The Morgan fingerprint density at radius 2 is 1.53 bits per heavy atom. The molecule has 3 N–H and O–H groups in total. The summed E-state index contributed by atoms with van der Waals surface area (Å²) in [5.74, 6) is -0.269. The Bertz CT molecular complexity index is 2870. The van der Waals surface area contributed by atoms with Crippen LogP contribution in [0.3, 0.4) is 0 Å². The maximum Gasteiger partial charge on any atom is 0.329 e. The predicted octanol–water partition coefficient (Wildman–Crippen LogP) is 5.85. The zero-order chi connectivity index (χ0) is 44.9. The molecule has 7 atom stereocenters. The zero-order valence-corrected chi connectivity index (χ0v) is 34.9. The van der Waals surface area contributed by atoms with Crippen molar-refractivity contribution in [3.63, 3.8) is 0 Å². The lowest BCUT2D eigenvalue weighted by Crippen LogP contribution is -2.56. The molecule has 0 aliphatic carbocycles. The van der Waals surface area contributed by atoms with Gasteiger partial charge in [-0.1, -0.05) is 116 Å². The largest absolute Gasteiger partial charge is 0.508 e. The highest BCUT2D eigenvalue weighted by Gasteiger charge is 2.76. The number of ether oxygens (including phenoxy) is 2. The highest BCUT2D eigenvalue weighted by Crippen LogP contribution is 2.66. The van der Waals surface area contributed by atoms with Gasteiger partial charge in [-0.15, -0.1) is 5.10 Å². The van der Waals surface area contributed by atoms with Crippen molar-refractivity contribution < 1.29 is 43.7 Å². The van der Waals surface area contributed by atoms with Gasteiger partial charge >= 0.3 is 23.9 Å². The topological polar surface area (TPSA) is 193 Å². The average molecular weight is 859 g/mol. The molecule has 0 unspecified atom stereocenters. The third-order valence-corrected chi connectivity index (χ3v) is 12.4. The molecule has 0 saturated carbocycles. The molecule has 15 nitrogen and oxygen atoms in total. The van der Waals surface area contributed by atoms with E-state index in [4.69, 9.17) is 9.47 Å². The number of nitrogens with one attached hydrogen (secondary N) is 1. The summed E-state index contributed by atoms with van der Waals surface area (Å²) in [5.41, 5.74) is 1.39. The summed E-state index contributed by atoms with van der Waals surface area (Å²) in [5, 5.41) is 33.3. The second kappa shape index (κ2) is 16.5. The van der Waals surface area contributed by atoms with Crippen molar-refractivity contribution >= 4 is 46.6 Å². The Morgan fingerprint density at radius 3 is 2.20 bits per heavy atom. The lowest BCUT2D eigenvalue weighted by atomic mass is 9.65. The average Bonchev–Trinajstić information content (AvgIpc) is 3.94. The van der Waals surface area contributed by atoms with Crippen LogP contribution in [0, 0.1) is 23.7 Å². The molecule has 1 spiro atoms. The molecule has 2 saturated heterocycles. The maximum absolute atomic E-state index is 16.0. The number of hydrogen-bond donors (Lipinski definition) is 3. The minimum absolute atomic E-state index is 0.0294. The van der Waals surface area contributed by atoms with Crippen LogP contribution in [0.4, 0.5) is 10.5 Å². The fraction of sp³-hybridized carbons (Fsp3) is 0.245. The Labute approximate surface area is 367 Å². The molecule has 322 valence electrons. The number of carbonyl (C=O) groups is 5. The lowest BCUT2D eigenvalue weighted by molar-refractivity contribution is -0.179. The summed E-state index contributed by atoms with van der Waals surface area (Å²) < 4.78 is 13.0. The molecule has 3 aliphatic rings. The molecule has 1 aromatic heterocycles. The van der Waals surface area contributed by atoms with Crippen LogP contribution < -0.4 is 10.2 Å². The minimum Gasteiger partial charge on any atom is -0.508 e. The first kappa shape index (κ1) is 41.5. The van der Waals surface area contributed by atoms with Crippen LogP contribution in [0.1, 0.15) is 59.9 Å². The summed E-state index contributed by atoms with van der Waals surface area (Å²) >= 11 is 0. The summed E-state index contributed by atoms with van der Waals surface area (Å²) in [6, 6.07) is 30.4. The van der Waals surface area contributed by atoms with E-state index in [1.54, 1.807) is 59.8 Å². The fourth-order valence-corrected chi connectivity index (χ4v) is 9.69. The summed E-state index contributed by atoms with van der Waals surface area (Å²) in [4.78, 5) is 75.4. The Hall–Kier alpha value is -7.83. The fourth-order valence-electron chi connectivity index (χ4n) is 9.69. The van der Waals surface area contributed by atoms with Crippen LogP contribution in [0.15, 0.2) is 127 Å². The summed E-state index contributed by atoms with van der Waals surface area (Å²) in [7, 11) is 1.18. The van der Waals surface area contributed by atoms with Gasteiger partial charge in [0, 0.05) is 5.56 Å². The molecule has 4 heterocycles. The summed E-state index contributed by atoms with van der Waals surface area (Å²) in [6.45, 7) is 3.53. The number of carbonyl (C=O) groups excluding carboxylic acids is 4. The van der Waals surface area contributed by atoms with E-state index in [1.807, 2.05) is 72.8 Å². The Kier molecular flexibility index (Phi) is 10.7. The number of phenolic OH excluding ortho intramolecular Hbond substituents is 1. The number of phenols is 1. The third kappa shape index (κ3) is 6.70. The second-order valence-electron chi connectivity index (χ2n) is 16.3. The van der Waals surface area contributed by atoms with Gasteiger partial charge in [0.05, 0.1) is 30.4 Å². The number of para-hydroxylation sites is 1. The number of carboxylic acid groups (broad SMARTS) is 1. The predicted molar refractivity (Wildman–Crippen MR) is 231 cm³/mol. The van der Waals surface area contributed by atoms with Gasteiger partial charge < -0.3 is 25.0 Å². The number of morpholine rings is 1. The second-order valence-corrected chi connectivity index (χ2v) is 16.3. The van der Waals surface area contributed by atoms with E-state index in [0.717, 1.165) is 10.4 Å². The molecule has 6 aromatic rings. The molecule has 3 amide bonds. The molecule has 0 radical (unpaired) electrons. The monoisotopic (exact) mass is 858 g/mol. The SMILES string of the molecule is COC(=O)[C@@H](NC(=O)N1C(=O)[C@@]2(c3cc(C#CCn4nnc5ccccc54)ccc31)[C@H](c1ccc(O)cc1)N1[C@H](c3ccccc3)[C@H](c3ccccc3)OC(=O)[C@H]1[C@@H]2C(=O)O)C(C)C. The van der Waals surface area contributed by atoms with Crippen molar-refractivity contribution in [3.8, 4) is 17.6 Å². The number of aromatic nitrogens is 3. The molecule has 5 aromatic carbocycles. The van der Waals surface area contributed by atoms with Crippen molar-refractivity contribution in [1.82, 2.24) is 25.2 Å². The van der Waals surface area contributed by atoms with Gasteiger partial charge in [-0.3, -0.25) is 19.3 Å². The number of esters is 2. The molecular weight excluding hydrogens is 817 g/mol. The van der Waals surface area contributed by atoms with E-state index < -0.39 is 77.4 Å². The van der Waals surface area contributed by atoms with E-state index in [9.17, 15) is 29.4 Å². The normalized spacial score (nSPS) is 22.9. The van der Waals surface area contributed by atoms with Gasteiger partial charge in [-0.2, -0.15) is 0 Å². The van der Waals surface area contributed by atoms with E-state index >= 15 is 4.79 Å². The van der Waals surface area contributed by atoms with Gasteiger partial charge in [0.1, 0.15) is 47.3 Å².